The van der Waals surface area contributed by atoms with E-state index in [-0.39, 0.29) is 50.5 Å². The summed E-state index contributed by atoms with van der Waals surface area (Å²) in [5.74, 6) is 0.137. The van der Waals surface area contributed by atoms with Crippen LogP contribution < -0.4 is 15.4 Å². The lowest BCUT2D eigenvalue weighted by Crippen LogP contribution is -2.48. The lowest BCUT2D eigenvalue weighted by molar-refractivity contribution is -0.121. The molecule has 1 aromatic heterocycles. The van der Waals surface area contributed by atoms with E-state index >= 15 is 0 Å². The molecule has 0 aliphatic heterocycles. The summed E-state index contributed by atoms with van der Waals surface area (Å²) in [4.78, 5) is 51.9. The van der Waals surface area contributed by atoms with Gasteiger partial charge in [0.2, 0.25) is 18.3 Å². The van der Waals surface area contributed by atoms with E-state index in [1.54, 1.807) is 67.0 Å². The molecule has 39 heavy (non-hydrogen) atoms. The van der Waals surface area contributed by atoms with Crippen molar-refractivity contribution in [3.8, 4) is 11.8 Å². The molecule has 0 saturated carbocycles. The summed E-state index contributed by atoms with van der Waals surface area (Å²) in [5.41, 5.74) is 1.19. The SMILES string of the molecule is CN(CCC(=O)NCCO)C(=O)NC(=Nc1ccc(Oc2ncccn2)cc1)N(C=O)Cc1ccc(Cl)cc1. The van der Waals surface area contributed by atoms with Gasteiger partial charge in [-0.15, -0.1) is 0 Å². The Hall–Kier alpha value is -4.55. The van der Waals surface area contributed by atoms with E-state index in [0.29, 0.717) is 22.9 Å². The van der Waals surface area contributed by atoms with E-state index in [9.17, 15) is 14.4 Å². The lowest BCUT2D eigenvalue weighted by atomic mass is 10.2. The van der Waals surface area contributed by atoms with Crippen molar-refractivity contribution in [3.05, 3.63) is 77.6 Å². The van der Waals surface area contributed by atoms with E-state index in [2.05, 4.69) is 25.6 Å². The molecule has 0 atom stereocenters. The zero-order valence-corrected chi connectivity index (χ0v) is 21.9. The maximum atomic E-state index is 12.9. The first-order valence-electron chi connectivity index (χ1n) is 11.9. The molecule has 3 N–H and O–H groups in total. The fourth-order valence-corrected chi connectivity index (χ4v) is 3.24. The van der Waals surface area contributed by atoms with Gasteiger partial charge in [0.25, 0.3) is 0 Å². The third-order valence-corrected chi connectivity index (χ3v) is 5.41. The maximum absolute atomic E-state index is 12.9. The van der Waals surface area contributed by atoms with E-state index < -0.39 is 6.03 Å². The van der Waals surface area contributed by atoms with Crippen LogP contribution in [0.5, 0.6) is 11.8 Å². The third kappa shape index (κ3) is 9.68. The van der Waals surface area contributed by atoms with E-state index in [1.807, 2.05) is 0 Å². The van der Waals surface area contributed by atoms with Crippen LogP contribution in [0.25, 0.3) is 0 Å². The monoisotopic (exact) mass is 553 g/mol. The van der Waals surface area contributed by atoms with Crippen LogP contribution in [0.15, 0.2) is 72.0 Å². The Morgan fingerprint density at radius 2 is 1.79 bits per heavy atom. The Balaban J connectivity index is 1.78. The summed E-state index contributed by atoms with van der Waals surface area (Å²) in [6.07, 6.45) is 3.71. The molecule has 204 valence electrons. The van der Waals surface area contributed by atoms with Crippen LogP contribution in [0.3, 0.4) is 0 Å². The predicted octanol–water partition coefficient (Wildman–Crippen LogP) is 2.71. The number of urea groups is 1. The molecule has 0 unspecified atom stereocenters. The summed E-state index contributed by atoms with van der Waals surface area (Å²) in [6, 6.07) is 14.8. The quantitative estimate of drug-likeness (QED) is 0.188. The Bertz CT molecular complexity index is 1260. The Morgan fingerprint density at radius 1 is 1.10 bits per heavy atom. The number of carbonyl (C=O) groups is 3. The third-order valence-electron chi connectivity index (χ3n) is 5.16. The number of guanidine groups is 1. The average Bonchev–Trinajstić information content (AvgIpc) is 2.95. The van der Waals surface area contributed by atoms with Crippen molar-refractivity contribution in [1.82, 2.24) is 30.4 Å². The van der Waals surface area contributed by atoms with Gasteiger partial charge >= 0.3 is 12.0 Å². The summed E-state index contributed by atoms with van der Waals surface area (Å²) in [6.45, 7) is 0.165. The van der Waals surface area contributed by atoms with Crippen LogP contribution in [0.4, 0.5) is 10.5 Å². The number of carbonyl (C=O) groups excluding carboxylic acids is 3. The van der Waals surface area contributed by atoms with Gasteiger partial charge in [-0.05, 0) is 48.0 Å². The van der Waals surface area contributed by atoms with Crippen LogP contribution in [-0.4, -0.2) is 75.9 Å². The molecular weight excluding hydrogens is 526 g/mol. The summed E-state index contributed by atoms with van der Waals surface area (Å²) >= 11 is 5.97. The highest BCUT2D eigenvalue weighted by Crippen LogP contribution is 2.22. The van der Waals surface area contributed by atoms with Crippen molar-refractivity contribution in [2.24, 2.45) is 4.99 Å². The second-order valence-corrected chi connectivity index (χ2v) is 8.53. The highest BCUT2D eigenvalue weighted by atomic mass is 35.5. The smallest absolute Gasteiger partial charge is 0.323 e. The number of amides is 4. The van der Waals surface area contributed by atoms with Crippen molar-refractivity contribution < 1.29 is 24.2 Å². The molecule has 0 aliphatic rings. The minimum absolute atomic E-state index is 0.0263. The van der Waals surface area contributed by atoms with Gasteiger partial charge in [-0.25, -0.2) is 19.8 Å². The number of hydrogen-bond donors (Lipinski definition) is 3. The van der Waals surface area contributed by atoms with Gasteiger partial charge < -0.3 is 20.1 Å². The fraction of sp³-hybridized carbons (Fsp3) is 0.231. The van der Waals surface area contributed by atoms with Crippen LogP contribution in [0, 0.1) is 0 Å². The predicted molar refractivity (Wildman–Crippen MR) is 145 cm³/mol. The van der Waals surface area contributed by atoms with Gasteiger partial charge in [-0.1, -0.05) is 23.7 Å². The van der Waals surface area contributed by atoms with E-state index in [1.165, 1.54) is 16.8 Å². The number of nitrogens with one attached hydrogen (secondary N) is 2. The molecule has 1 heterocycles. The average molecular weight is 554 g/mol. The number of aliphatic imine (C=N–C) groups is 1. The molecule has 0 saturated heterocycles. The molecule has 0 radical (unpaired) electrons. The molecule has 4 amide bonds. The highest BCUT2D eigenvalue weighted by molar-refractivity contribution is 6.30. The summed E-state index contributed by atoms with van der Waals surface area (Å²) in [5, 5.41) is 14.5. The second kappa shape index (κ2) is 15.0. The second-order valence-electron chi connectivity index (χ2n) is 8.10. The van der Waals surface area contributed by atoms with Gasteiger partial charge in [0.15, 0.2) is 0 Å². The van der Waals surface area contributed by atoms with Crippen LogP contribution >= 0.6 is 11.6 Å². The normalized spacial score (nSPS) is 10.9. The van der Waals surface area contributed by atoms with Crippen molar-refractivity contribution in [2.45, 2.75) is 13.0 Å². The molecule has 3 rings (SSSR count). The molecular formula is C26H28ClN7O5. The molecule has 0 bridgehead atoms. The zero-order valence-electron chi connectivity index (χ0n) is 21.2. The van der Waals surface area contributed by atoms with Crippen LogP contribution in [0.2, 0.25) is 5.02 Å². The first kappa shape index (κ1) is 29.0. The number of aliphatic hydroxyl groups excluding tert-OH is 1. The number of aromatic nitrogens is 2. The van der Waals surface area contributed by atoms with E-state index in [4.69, 9.17) is 21.4 Å². The first-order valence-corrected chi connectivity index (χ1v) is 12.3. The number of hydrogen-bond acceptors (Lipinski definition) is 8. The van der Waals surface area contributed by atoms with Crippen molar-refractivity contribution >= 4 is 41.6 Å². The van der Waals surface area contributed by atoms with Gasteiger partial charge in [0, 0.05) is 44.0 Å². The van der Waals surface area contributed by atoms with Crippen molar-refractivity contribution in [1.29, 1.82) is 0 Å². The van der Waals surface area contributed by atoms with E-state index in [0.717, 1.165) is 5.56 Å². The number of benzene rings is 2. The van der Waals surface area contributed by atoms with Gasteiger partial charge in [-0.2, -0.15) is 0 Å². The maximum Gasteiger partial charge on any atom is 0.323 e. The molecule has 12 nitrogen and oxygen atoms in total. The van der Waals surface area contributed by atoms with Crippen LogP contribution in [0.1, 0.15) is 12.0 Å². The molecule has 2 aromatic carbocycles. The molecule has 13 heteroatoms. The number of nitrogens with zero attached hydrogens (tertiary/aromatic N) is 5. The van der Waals surface area contributed by atoms with Gasteiger partial charge in [0.05, 0.1) is 18.8 Å². The molecule has 0 aliphatic carbocycles. The fourth-order valence-electron chi connectivity index (χ4n) is 3.11. The first-order chi connectivity index (χ1) is 18.9. The largest absolute Gasteiger partial charge is 0.424 e. The molecule has 0 spiro atoms. The number of halogens is 1. The van der Waals surface area contributed by atoms with Gasteiger partial charge in [0.1, 0.15) is 5.75 Å². The Kier molecular flexibility index (Phi) is 11.2. The molecule has 0 fully saturated rings. The summed E-state index contributed by atoms with van der Waals surface area (Å²) in [7, 11) is 1.51. The highest BCUT2D eigenvalue weighted by Gasteiger charge is 2.18. The minimum Gasteiger partial charge on any atom is -0.424 e. The zero-order chi connectivity index (χ0) is 28.0. The number of rotatable bonds is 11. The Morgan fingerprint density at radius 3 is 2.44 bits per heavy atom. The number of aliphatic hydroxyl groups is 1. The van der Waals surface area contributed by atoms with Gasteiger partial charge in [-0.3, -0.25) is 19.8 Å². The molecule has 3 aromatic rings. The van der Waals surface area contributed by atoms with Crippen LogP contribution in [-0.2, 0) is 16.1 Å². The summed E-state index contributed by atoms with van der Waals surface area (Å²) < 4.78 is 5.59. The topological polar surface area (TPSA) is 149 Å². The van der Waals surface area contributed by atoms with Crippen molar-refractivity contribution in [3.63, 3.8) is 0 Å². The minimum atomic E-state index is -0.576. The standard InChI is InChI=1S/C26H28ClN7O5/c1-33(15-11-23(37)28-14-16-35)26(38)32-24(34(18-36)17-19-3-5-20(27)6-4-19)31-21-7-9-22(10-8-21)39-25-29-12-2-13-30-25/h2-10,12-13,18,35H,11,14-17H2,1H3,(H,28,37)(H,31,32,38). The van der Waals surface area contributed by atoms with Crippen molar-refractivity contribution in [2.75, 3.05) is 26.7 Å². The Labute approximate surface area is 230 Å². The number of ether oxygens (including phenoxy) is 1. The lowest BCUT2D eigenvalue weighted by Gasteiger charge is -2.23.